The lowest BCUT2D eigenvalue weighted by Crippen LogP contribution is -2.24. The van der Waals surface area contributed by atoms with Crippen LogP contribution in [0.1, 0.15) is 0 Å². The fourth-order valence-electron chi connectivity index (χ4n) is 1.72. The second-order valence-corrected chi connectivity index (χ2v) is 6.05. The van der Waals surface area contributed by atoms with Crippen LogP contribution in [0.5, 0.6) is 0 Å². The van der Waals surface area contributed by atoms with Crippen molar-refractivity contribution < 1.29 is 0 Å². The molecule has 0 spiro atoms. The van der Waals surface area contributed by atoms with Crippen molar-refractivity contribution in [3.05, 3.63) is 0 Å². The van der Waals surface area contributed by atoms with Gasteiger partial charge in [-0.3, -0.25) is 9.98 Å². The highest BCUT2D eigenvalue weighted by Crippen LogP contribution is 2.35. The smallest absolute Gasteiger partial charge is 0.160 e. The molecule has 3 heterocycles. The average molecular weight is 228 g/mol. The fourth-order valence-corrected chi connectivity index (χ4v) is 4.27. The Morgan fingerprint density at radius 3 is 3.21 bits per heavy atom. The molecule has 0 bridgehead atoms. The molecular weight excluding hydrogens is 216 g/mol. The maximum Gasteiger partial charge on any atom is 0.160 e. The summed E-state index contributed by atoms with van der Waals surface area (Å²) in [6.45, 7) is 5.15. The van der Waals surface area contributed by atoms with Gasteiger partial charge in [0.05, 0.1) is 17.7 Å². The summed E-state index contributed by atoms with van der Waals surface area (Å²) in [6.07, 6.45) is 0. The summed E-state index contributed by atoms with van der Waals surface area (Å²) in [4.78, 5) is 11.2. The van der Waals surface area contributed by atoms with Gasteiger partial charge in [0.25, 0.3) is 0 Å². The van der Waals surface area contributed by atoms with Crippen molar-refractivity contribution in [3.63, 3.8) is 0 Å². The van der Waals surface area contributed by atoms with Crippen molar-refractivity contribution in [1.82, 2.24) is 10.2 Å². The van der Waals surface area contributed by atoms with Crippen LogP contribution in [-0.2, 0) is 0 Å². The van der Waals surface area contributed by atoms with E-state index in [-0.39, 0.29) is 0 Å². The van der Waals surface area contributed by atoms with Gasteiger partial charge in [-0.25, -0.2) is 0 Å². The van der Waals surface area contributed by atoms with E-state index in [0.717, 1.165) is 37.9 Å². The third-order valence-corrected chi connectivity index (χ3v) is 4.88. The van der Waals surface area contributed by atoms with Crippen LogP contribution in [0.2, 0.25) is 0 Å². The van der Waals surface area contributed by atoms with Crippen LogP contribution in [0.25, 0.3) is 0 Å². The second kappa shape index (κ2) is 3.66. The maximum atomic E-state index is 4.45. The van der Waals surface area contributed by atoms with E-state index < -0.39 is 0 Å². The molecule has 0 aliphatic carbocycles. The minimum absolute atomic E-state index is 0.582. The lowest BCUT2D eigenvalue weighted by Gasteiger charge is -2.10. The first-order chi connectivity index (χ1) is 6.92. The molecule has 0 amide bonds. The van der Waals surface area contributed by atoms with Crippen LogP contribution in [0.15, 0.2) is 9.98 Å². The Hall–Kier alpha value is -0.360. The lowest BCUT2D eigenvalue weighted by molar-refractivity contribution is 0.497. The summed E-state index contributed by atoms with van der Waals surface area (Å²) >= 11 is 3.74. The van der Waals surface area contributed by atoms with Crippen molar-refractivity contribution in [2.75, 3.05) is 32.7 Å². The largest absolute Gasteiger partial charge is 0.363 e. The molecular formula is C8H12N4S2. The van der Waals surface area contributed by atoms with E-state index in [4.69, 9.17) is 0 Å². The summed E-state index contributed by atoms with van der Waals surface area (Å²) in [7, 11) is 0. The van der Waals surface area contributed by atoms with Crippen LogP contribution in [0, 0.1) is 0 Å². The van der Waals surface area contributed by atoms with E-state index >= 15 is 0 Å². The zero-order chi connectivity index (χ0) is 9.38. The molecule has 4 nitrogen and oxygen atoms in total. The van der Waals surface area contributed by atoms with Crippen molar-refractivity contribution >= 4 is 33.9 Å². The molecule has 1 unspecified atom stereocenters. The van der Waals surface area contributed by atoms with E-state index in [1.165, 1.54) is 5.17 Å². The van der Waals surface area contributed by atoms with Gasteiger partial charge in [0.1, 0.15) is 0 Å². The van der Waals surface area contributed by atoms with Gasteiger partial charge in [0.15, 0.2) is 10.3 Å². The Bertz CT molecular complexity index is 302. The molecule has 6 heteroatoms. The summed E-state index contributed by atoms with van der Waals surface area (Å²) < 4.78 is 0.582. The maximum absolute atomic E-state index is 4.45. The molecule has 0 aromatic carbocycles. The Kier molecular flexibility index (Phi) is 2.33. The molecule has 3 aliphatic rings. The highest BCUT2D eigenvalue weighted by atomic mass is 32.2. The number of amidine groups is 2. The van der Waals surface area contributed by atoms with Crippen LogP contribution < -0.4 is 5.32 Å². The molecule has 3 rings (SSSR count). The summed E-state index contributed by atoms with van der Waals surface area (Å²) in [5, 5.41) is 5.64. The van der Waals surface area contributed by atoms with Crippen molar-refractivity contribution in [1.29, 1.82) is 0 Å². The molecule has 3 aliphatic heterocycles. The number of hydrogen-bond donors (Lipinski definition) is 1. The van der Waals surface area contributed by atoms with Crippen molar-refractivity contribution in [2.24, 2.45) is 9.98 Å². The monoisotopic (exact) mass is 228 g/mol. The standard InChI is InChI=1S/C8H12N4S2/c1-2-10-7(9-1)13-6-5-12-4-3-11-8(12)14-6/h6H,1-5H2,(H,9,10). The zero-order valence-electron chi connectivity index (χ0n) is 7.77. The Labute approximate surface area is 91.6 Å². The first-order valence-corrected chi connectivity index (χ1v) is 6.59. The topological polar surface area (TPSA) is 40.0 Å². The van der Waals surface area contributed by atoms with Gasteiger partial charge in [-0.05, 0) is 0 Å². The molecule has 1 N–H and O–H groups in total. The van der Waals surface area contributed by atoms with Gasteiger partial charge in [-0.2, -0.15) is 0 Å². The van der Waals surface area contributed by atoms with E-state index in [1.807, 2.05) is 23.5 Å². The summed E-state index contributed by atoms with van der Waals surface area (Å²) in [5.41, 5.74) is 0. The van der Waals surface area contributed by atoms with Gasteiger partial charge < -0.3 is 10.2 Å². The van der Waals surface area contributed by atoms with Crippen LogP contribution in [0.3, 0.4) is 0 Å². The highest BCUT2D eigenvalue weighted by molar-refractivity contribution is 8.30. The van der Waals surface area contributed by atoms with Gasteiger partial charge in [0.2, 0.25) is 0 Å². The van der Waals surface area contributed by atoms with Crippen molar-refractivity contribution in [3.8, 4) is 0 Å². The minimum atomic E-state index is 0.582. The molecule has 0 aromatic heterocycles. The molecule has 1 fully saturated rings. The number of aliphatic imine (C=N–C) groups is 2. The number of nitrogens with zero attached hydrogens (tertiary/aromatic N) is 3. The van der Waals surface area contributed by atoms with Crippen molar-refractivity contribution in [2.45, 2.75) is 4.58 Å². The van der Waals surface area contributed by atoms with Crippen LogP contribution in [-0.4, -0.2) is 52.5 Å². The number of rotatable bonds is 1. The van der Waals surface area contributed by atoms with Crippen LogP contribution in [0.4, 0.5) is 0 Å². The van der Waals surface area contributed by atoms with Gasteiger partial charge in [-0.1, -0.05) is 23.5 Å². The van der Waals surface area contributed by atoms with Gasteiger partial charge in [0, 0.05) is 19.6 Å². The average Bonchev–Trinajstić information content (AvgIpc) is 2.78. The van der Waals surface area contributed by atoms with E-state index in [1.54, 1.807) is 0 Å². The third kappa shape index (κ3) is 1.61. The fraction of sp³-hybridized carbons (Fsp3) is 0.750. The Morgan fingerprint density at radius 1 is 1.43 bits per heavy atom. The van der Waals surface area contributed by atoms with Gasteiger partial charge in [-0.15, -0.1) is 0 Å². The van der Waals surface area contributed by atoms with E-state index in [9.17, 15) is 0 Å². The predicted molar refractivity (Wildman–Crippen MR) is 63.1 cm³/mol. The SMILES string of the molecule is C1CNC(SC2CN3CCN=C3S2)=N1. The normalized spacial score (nSPS) is 30.0. The quantitative estimate of drug-likeness (QED) is 0.706. The Balaban J connectivity index is 1.60. The second-order valence-electron chi connectivity index (χ2n) is 3.39. The lowest BCUT2D eigenvalue weighted by atomic mass is 10.6. The van der Waals surface area contributed by atoms with Crippen LogP contribution >= 0.6 is 23.5 Å². The zero-order valence-corrected chi connectivity index (χ0v) is 9.40. The number of fused-ring (bicyclic) bond motifs is 1. The Morgan fingerprint density at radius 2 is 2.43 bits per heavy atom. The van der Waals surface area contributed by atoms with Gasteiger partial charge >= 0.3 is 0 Å². The molecule has 1 atom stereocenters. The molecule has 14 heavy (non-hydrogen) atoms. The molecule has 0 radical (unpaired) electrons. The third-order valence-electron chi connectivity index (χ3n) is 2.38. The first-order valence-electron chi connectivity index (χ1n) is 4.83. The van der Waals surface area contributed by atoms with E-state index in [2.05, 4.69) is 20.2 Å². The molecule has 76 valence electrons. The first kappa shape index (κ1) is 8.91. The molecule has 0 aromatic rings. The molecule has 1 saturated heterocycles. The number of hydrogen-bond acceptors (Lipinski definition) is 6. The van der Waals surface area contributed by atoms with E-state index in [0.29, 0.717) is 4.58 Å². The summed E-state index contributed by atoms with van der Waals surface area (Å²) in [5.74, 6) is 0. The predicted octanol–water partition coefficient (Wildman–Crippen LogP) is 0.423. The highest BCUT2D eigenvalue weighted by Gasteiger charge is 2.32. The minimum Gasteiger partial charge on any atom is -0.363 e. The summed E-state index contributed by atoms with van der Waals surface area (Å²) in [6, 6.07) is 0. The number of nitrogens with one attached hydrogen (secondary N) is 1. The number of thioether (sulfide) groups is 2. The molecule has 0 saturated carbocycles.